The SMILES string of the molecule is CCOC(=O)C=Cc1ccc2oc(N)nc2c1. The largest absolute Gasteiger partial charge is 0.463 e. The number of aromatic nitrogens is 1. The highest BCUT2D eigenvalue weighted by molar-refractivity contribution is 5.88. The molecule has 17 heavy (non-hydrogen) atoms. The predicted molar refractivity (Wildman–Crippen MR) is 64.1 cm³/mol. The van der Waals surface area contributed by atoms with Crippen LogP contribution in [0.5, 0.6) is 0 Å². The van der Waals surface area contributed by atoms with E-state index in [9.17, 15) is 4.79 Å². The fraction of sp³-hybridized carbons (Fsp3) is 0.167. The molecule has 0 atom stereocenters. The number of esters is 1. The van der Waals surface area contributed by atoms with Crippen LogP contribution in [0.4, 0.5) is 6.01 Å². The molecule has 5 heteroatoms. The van der Waals surface area contributed by atoms with Gasteiger partial charge in [0.25, 0.3) is 6.01 Å². The predicted octanol–water partition coefficient (Wildman–Crippen LogP) is 1.99. The van der Waals surface area contributed by atoms with Crippen LogP contribution < -0.4 is 5.73 Å². The fourth-order valence-corrected chi connectivity index (χ4v) is 1.42. The standard InChI is InChI=1S/C12H12N2O3/c1-2-16-11(15)6-4-8-3-5-10-9(7-8)14-12(13)17-10/h3-7H,2H2,1H3,(H2,13,14). The molecule has 5 nitrogen and oxygen atoms in total. The average molecular weight is 232 g/mol. The molecule has 1 aromatic carbocycles. The van der Waals surface area contributed by atoms with Crippen LogP contribution in [0.1, 0.15) is 12.5 Å². The number of hydrogen-bond acceptors (Lipinski definition) is 5. The first-order chi connectivity index (χ1) is 8.19. The van der Waals surface area contributed by atoms with Gasteiger partial charge in [0.1, 0.15) is 5.52 Å². The van der Waals surface area contributed by atoms with Crippen LogP contribution in [0.2, 0.25) is 0 Å². The van der Waals surface area contributed by atoms with Crippen molar-refractivity contribution < 1.29 is 13.9 Å². The number of anilines is 1. The first kappa shape index (κ1) is 11.2. The Balaban J connectivity index is 2.21. The van der Waals surface area contributed by atoms with Gasteiger partial charge in [-0.05, 0) is 30.7 Å². The van der Waals surface area contributed by atoms with Crippen molar-refractivity contribution in [3.8, 4) is 0 Å². The van der Waals surface area contributed by atoms with Crippen molar-refractivity contribution >= 4 is 29.2 Å². The van der Waals surface area contributed by atoms with Crippen molar-refractivity contribution in [3.05, 3.63) is 29.8 Å². The third-order valence-corrected chi connectivity index (χ3v) is 2.13. The summed E-state index contributed by atoms with van der Waals surface area (Å²) in [5, 5.41) is 0. The number of oxazole rings is 1. The van der Waals surface area contributed by atoms with Gasteiger partial charge in [-0.1, -0.05) is 6.07 Å². The number of carbonyl (C=O) groups is 1. The Labute approximate surface area is 97.9 Å². The number of hydrogen-bond donors (Lipinski definition) is 1. The van der Waals surface area contributed by atoms with Gasteiger partial charge in [0.15, 0.2) is 5.58 Å². The van der Waals surface area contributed by atoms with E-state index in [1.165, 1.54) is 6.08 Å². The van der Waals surface area contributed by atoms with Gasteiger partial charge in [0.05, 0.1) is 6.61 Å². The van der Waals surface area contributed by atoms with Crippen LogP contribution in [0.25, 0.3) is 17.2 Å². The van der Waals surface area contributed by atoms with Crippen LogP contribution in [0.3, 0.4) is 0 Å². The Hall–Kier alpha value is -2.30. The third kappa shape index (κ3) is 2.63. The highest BCUT2D eigenvalue weighted by Gasteiger charge is 2.02. The van der Waals surface area contributed by atoms with Crippen molar-refractivity contribution in [1.82, 2.24) is 4.98 Å². The molecule has 1 aromatic heterocycles. The molecule has 0 aliphatic carbocycles. The second-order valence-electron chi connectivity index (χ2n) is 3.36. The van der Waals surface area contributed by atoms with Crippen LogP contribution >= 0.6 is 0 Å². The normalized spacial score (nSPS) is 11.1. The van der Waals surface area contributed by atoms with Crippen LogP contribution in [0.15, 0.2) is 28.7 Å². The van der Waals surface area contributed by atoms with E-state index in [4.69, 9.17) is 14.9 Å². The number of rotatable bonds is 3. The number of nitrogens with zero attached hydrogens (tertiary/aromatic N) is 1. The van der Waals surface area contributed by atoms with E-state index >= 15 is 0 Å². The van der Waals surface area contributed by atoms with Gasteiger partial charge in [-0.2, -0.15) is 4.98 Å². The topological polar surface area (TPSA) is 78.3 Å². The molecular weight excluding hydrogens is 220 g/mol. The molecule has 2 N–H and O–H groups in total. The quantitative estimate of drug-likeness (QED) is 0.646. The van der Waals surface area contributed by atoms with E-state index in [2.05, 4.69) is 4.98 Å². The van der Waals surface area contributed by atoms with Crippen LogP contribution in [-0.2, 0) is 9.53 Å². The number of ether oxygens (including phenoxy) is 1. The molecule has 2 rings (SSSR count). The summed E-state index contributed by atoms with van der Waals surface area (Å²) in [4.78, 5) is 15.1. The summed E-state index contributed by atoms with van der Waals surface area (Å²) in [5.41, 5.74) is 7.55. The molecular formula is C12H12N2O3. The summed E-state index contributed by atoms with van der Waals surface area (Å²) in [6.45, 7) is 2.12. The molecule has 2 aromatic rings. The van der Waals surface area contributed by atoms with Gasteiger partial charge in [-0.15, -0.1) is 0 Å². The first-order valence-corrected chi connectivity index (χ1v) is 5.20. The number of nitrogens with two attached hydrogens (primary N) is 1. The molecule has 0 aliphatic heterocycles. The Morgan fingerprint density at radius 1 is 1.59 bits per heavy atom. The van der Waals surface area contributed by atoms with Gasteiger partial charge in [0, 0.05) is 6.08 Å². The number of carbonyl (C=O) groups excluding carboxylic acids is 1. The number of benzene rings is 1. The molecule has 1 heterocycles. The van der Waals surface area contributed by atoms with Gasteiger partial charge in [-0.25, -0.2) is 4.79 Å². The van der Waals surface area contributed by atoms with E-state index < -0.39 is 0 Å². The maximum absolute atomic E-state index is 11.1. The van der Waals surface area contributed by atoms with Crippen molar-refractivity contribution in [2.24, 2.45) is 0 Å². The Morgan fingerprint density at radius 3 is 3.18 bits per heavy atom. The first-order valence-electron chi connectivity index (χ1n) is 5.20. The minimum atomic E-state index is -0.368. The molecule has 0 bridgehead atoms. The van der Waals surface area contributed by atoms with Crippen LogP contribution in [0, 0.1) is 0 Å². The molecule has 0 aliphatic rings. The summed E-state index contributed by atoms with van der Waals surface area (Å²) in [6.07, 6.45) is 3.02. The molecule has 0 spiro atoms. The monoisotopic (exact) mass is 232 g/mol. The Kier molecular flexibility index (Phi) is 3.09. The lowest BCUT2D eigenvalue weighted by atomic mass is 10.2. The van der Waals surface area contributed by atoms with E-state index in [1.807, 2.05) is 6.07 Å². The summed E-state index contributed by atoms with van der Waals surface area (Å²) >= 11 is 0. The lowest BCUT2D eigenvalue weighted by Crippen LogP contribution is -1.98. The van der Waals surface area contributed by atoms with Gasteiger partial charge >= 0.3 is 5.97 Å². The maximum Gasteiger partial charge on any atom is 0.330 e. The lowest BCUT2D eigenvalue weighted by Gasteiger charge is -1.95. The summed E-state index contributed by atoms with van der Waals surface area (Å²) in [7, 11) is 0. The van der Waals surface area contributed by atoms with Gasteiger partial charge < -0.3 is 14.9 Å². The summed E-state index contributed by atoms with van der Waals surface area (Å²) in [6, 6.07) is 5.48. The van der Waals surface area contributed by atoms with Crippen molar-refractivity contribution in [2.75, 3.05) is 12.3 Å². The second kappa shape index (κ2) is 4.69. The highest BCUT2D eigenvalue weighted by Crippen LogP contribution is 2.18. The smallest absolute Gasteiger partial charge is 0.330 e. The molecule has 88 valence electrons. The third-order valence-electron chi connectivity index (χ3n) is 2.13. The number of nitrogen functional groups attached to an aromatic ring is 1. The second-order valence-corrected chi connectivity index (χ2v) is 3.36. The van der Waals surface area contributed by atoms with Gasteiger partial charge in [0.2, 0.25) is 0 Å². The zero-order valence-electron chi connectivity index (χ0n) is 9.34. The fourth-order valence-electron chi connectivity index (χ4n) is 1.42. The minimum absolute atomic E-state index is 0.131. The average Bonchev–Trinajstić information content (AvgIpc) is 2.66. The molecule has 0 unspecified atom stereocenters. The molecule has 0 radical (unpaired) electrons. The van der Waals surface area contributed by atoms with Crippen molar-refractivity contribution in [3.63, 3.8) is 0 Å². The molecule has 0 saturated heterocycles. The van der Waals surface area contributed by atoms with E-state index in [0.29, 0.717) is 17.7 Å². The Bertz CT molecular complexity index is 572. The van der Waals surface area contributed by atoms with Crippen molar-refractivity contribution in [2.45, 2.75) is 6.92 Å². The van der Waals surface area contributed by atoms with Crippen molar-refractivity contribution in [1.29, 1.82) is 0 Å². The highest BCUT2D eigenvalue weighted by atomic mass is 16.5. The zero-order valence-corrected chi connectivity index (χ0v) is 9.34. The molecule has 0 fully saturated rings. The molecule has 0 amide bonds. The Morgan fingerprint density at radius 2 is 2.41 bits per heavy atom. The van der Waals surface area contributed by atoms with E-state index in [0.717, 1.165) is 5.56 Å². The maximum atomic E-state index is 11.1. The summed E-state index contributed by atoms with van der Waals surface area (Å²) in [5.74, 6) is -0.368. The summed E-state index contributed by atoms with van der Waals surface area (Å²) < 4.78 is 9.91. The minimum Gasteiger partial charge on any atom is -0.463 e. The number of fused-ring (bicyclic) bond motifs is 1. The van der Waals surface area contributed by atoms with E-state index in [-0.39, 0.29) is 12.0 Å². The van der Waals surface area contributed by atoms with Gasteiger partial charge in [-0.3, -0.25) is 0 Å². The van der Waals surface area contributed by atoms with E-state index in [1.54, 1.807) is 25.1 Å². The lowest BCUT2D eigenvalue weighted by molar-refractivity contribution is -0.137. The molecule has 0 saturated carbocycles. The van der Waals surface area contributed by atoms with Crippen LogP contribution in [-0.4, -0.2) is 17.6 Å². The zero-order chi connectivity index (χ0) is 12.3.